The normalized spacial score (nSPS) is 26.1. The number of carbonyl (C=O) groups excluding carboxylic acids is 11. The van der Waals surface area contributed by atoms with Crippen LogP contribution in [0.4, 0.5) is 0 Å². The van der Waals surface area contributed by atoms with E-state index in [2.05, 4.69) is 45.5 Å². The minimum Gasteiger partial charge on any atom is -0.390 e. The minimum atomic E-state index is -1.61. The van der Waals surface area contributed by atoms with E-state index in [1.807, 2.05) is 62.3 Å². The Morgan fingerprint density at radius 3 is 1.31 bits per heavy atom. The summed E-state index contributed by atoms with van der Waals surface area (Å²) in [5.41, 5.74) is 2.37. The molecule has 1 saturated heterocycles. The van der Waals surface area contributed by atoms with E-state index < -0.39 is 155 Å². The molecule has 0 aromatic heterocycles. The average Bonchev–Trinajstić information content (AvgIpc) is 0.818. The van der Waals surface area contributed by atoms with Crippen LogP contribution in [0, 0.1) is 48.3 Å². The van der Waals surface area contributed by atoms with Gasteiger partial charge in [-0.15, -0.1) is 0 Å². The standard InChI is InChI=1S/C71H123N11O12/c1-26-52-67(90)76(19)50(18)66(89)77(20)54(37-41(4)5)63(86)75-57(44(10)11)70(93)78(21)53(36-40(2)3)62(85)72-48(16)61(84)73-49(17)65(88)79(22)55(38-42(6)7)68(91)80(23)56(39-43(8)9)69(92)81(24)58(45(12)13)71(94)82(25)59(64(87)74-52)60(83)47(15)30-28-27-29-31-51-34-32-46(14)33-35-51/h32-35,40-45,47-50,52-60,83H,26-31,36-39H2,1-25H3,(H,72,85)(H,73,84)(H,74,87)(H,75,86)/t47-,48+,49-,50-,52+,53+,54+,55+,56+,57+,58+,59+,60-/m1/s1. The zero-order chi connectivity index (χ0) is 72.2. The second-order valence-electron chi connectivity index (χ2n) is 29.2. The number of rotatable bonds is 19. The van der Waals surface area contributed by atoms with E-state index in [0.29, 0.717) is 12.8 Å². The van der Waals surface area contributed by atoms with Crippen LogP contribution < -0.4 is 21.3 Å². The van der Waals surface area contributed by atoms with E-state index in [4.69, 9.17) is 0 Å². The lowest BCUT2D eigenvalue weighted by atomic mass is 9.89. The molecule has 0 saturated carbocycles. The summed E-state index contributed by atoms with van der Waals surface area (Å²) in [4.78, 5) is 171. The van der Waals surface area contributed by atoms with Crippen LogP contribution in [0.25, 0.3) is 0 Å². The van der Waals surface area contributed by atoms with Gasteiger partial charge in [0.15, 0.2) is 0 Å². The summed E-state index contributed by atoms with van der Waals surface area (Å²) in [7, 11) is 10.1. The molecule has 13 atom stereocenters. The van der Waals surface area contributed by atoms with Gasteiger partial charge in [0, 0.05) is 49.3 Å². The quantitative estimate of drug-likeness (QED) is 0.103. The number of carbonyl (C=O) groups is 11. The first-order chi connectivity index (χ1) is 43.5. The predicted octanol–water partition coefficient (Wildman–Crippen LogP) is 5.80. The molecule has 23 heteroatoms. The van der Waals surface area contributed by atoms with E-state index in [1.54, 1.807) is 41.5 Å². The number of aliphatic hydroxyl groups excluding tert-OH is 1. The number of aryl methyl sites for hydroxylation is 2. The molecule has 0 unspecified atom stereocenters. The average molecular weight is 1320 g/mol. The van der Waals surface area contributed by atoms with Gasteiger partial charge in [0.25, 0.3) is 0 Å². The van der Waals surface area contributed by atoms with E-state index in [9.17, 15) is 38.7 Å². The number of likely N-dealkylation sites (N-methyl/N-ethyl adjacent to an activating group) is 7. The van der Waals surface area contributed by atoms with Gasteiger partial charge >= 0.3 is 0 Å². The molecule has 5 N–H and O–H groups in total. The highest BCUT2D eigenvalue weighted by molar-refractivity contribution is 6.00. The van der Waals surface area contributed by atoms with Crippen molar-refractivity contribution in [3.63, 3.8) is 0 Å². The third-order valence-electron chi connectivity index (χ3n) is 18.6. The maximum Gasteiger partial charge on any atom is 0.246 e. The van der Waals surface area contributed by atoms with Crippen molar-refractivity contribution >= 4 is 65.0 Å². The molecule has 1 aromatic rings. The zero-order valence-corrected chi connectivity index (χ0v) is 61.9. The Hall–Kier alpha value is -6.65. The van der Waals surface area contributed by atoms with E-state index in [-0.39, 0.29) is 55.8 Å². The molecule has 0 aliphatic carbocycles. The molecule has 2 rings (SSSR count). The Labute approximate surface area is 563 Å². The van der Waals surface area contributed by atoms with Gasteiger partial charge < -0.3 is 60.7 Å². The van der Waals surface area contributed by atoms with Gasteiger partial charge in [0.2, 0.25) is 65.0 Å². The molecule has 0 bridgehead atoms. The number of hydrogen-bond acceptors (Lipinski definition) is 12. The molecule has 1 aliphatic rings. The molecule has 534 valence electrons. The Balaban J connectivity index is 2.98. The van der Waals surface area contributed by atoms with Crippen molar-refractivity contribution in [2.45, 2.75) is 261 Å². The largest absolute Gasteiger partial charge is 0.390 e. The smallest absolute Gasteiger partial charge is 0.246 e. The number of aliphatic hydroxyl groups is 1. The first-order valence-electron chi connectivity index (χ1n) is 34.4. The Morgan fingerprint density at radius 2 is 0.840 bits per heavy atom. The van der Waals surface area contributed by atoms with Crippen LogP contribution >= 0.6 is 0 Å². The SMILES string of the molecule is CC[C@@H]1NC(=O)[C@H]([C@H](O)[C@H](C)CCCCCc2ccc(C)cc2)N(C)C(=O)[C@H](C(C)C)N(C)C(=O)[C@H](CC(C)C)N(C)C(=O)[C@H](CC(C)C)N(C)C(=O)[C@@H](C)NC(=O)[C@H](C)NC(=O)[C@H](CC(C)C)N(C)C(=O)[C@H](C(C)C)NC(=O)[C@H](CC(C)C)N(C)C(=O)[C@@H](C)N(C)C1=O. The number of benzene rings is 1. The summed E-state index contributed by atoms with van der Waals surface area (Å²) < 4.78 is 0. The van der Waals surface area contributed by atoms with Crippen LogP contribution in [-0.4, -0.2) is 226 Å². The van der Waals surface area contributed by atoms with Crippen molar-refractivity contribution in [3.8, 4) is 0 Å². The summed E-state index contributed by atoms with van der Waals surface area (Å²) in [6.07, 6.45) is 2.85. The number of nitrogens with one attached hydrogen (secondary N) is 4. The third kappa shape index (κ3) is 23.3. The summed E-state index contributed by atoms with van der Waals surface area (Å²) in [5.74, 6) is -9.65. The highest BCUT2D eigenvalue weighted by Crippen LogP contribution is 2.27. The van der Waals surface area contributed by atoms with Crippen molar-refractivity contribution in [3.05, 3.63) is 35.4 Å². The van der Waals surface area contributed by atoms with Crippen molar-refractivity contribution in [1.82, 2.24) is 55.6 Å². The molecule has 1 aromatic carbocycles. The molecular formula is C71H123N11O12. The van der Waals surface area contributed by atoms with Crippen LogP contribution in [0.2, 0.25) is 0 Å². The summed E-state index contributed by atoms with van der Waals surface area (Å²) in [6.45, 7) is 31.8. The molecule has 1 aliphatic heterocycles. The lowest BCUT2D eigenvalue weighted by molar-refractivity contribution is -0.157. The molecular weight excluding hydrogens is 1200 g/mol. The van der Waals surface area contributed by atoms with Crippen LogP contribution in [0.3, 0.4) is 0 Å². The van der Waals surface area contributed by atoms with Gasteiger partial charge in [-0.25, -0.2) is 0 Å². The van der Waals surface area contributed by atoms with Gasteiger partial charge in [-0.3, -0.25) is 52.7 Å². The first-order valence-corrected chi connectivity index (χ1v) is 34.4. The highest BCUT2D eigenvalue weighted by atomic mass is 16.3. The Morgan fingerprint density at radius 1 is 0.415 bits per heavy atom. The maximum absolute atomic E-state index is 15.4. The monoisotopic (exact) mass is 1320 g/mol. The summed E-state index contributed by atoms with van der Waals surface area (Å²) in [5, 5.41) is 23.6. The summed E-state index contributed by atoms with van der Waals surface area (Å²) >= 11 is 0. The fourth-order valence-corrected chi connectivity index (χ4v) is 12.3. The number of unbranched alkanes of at least 4 members (excludes halogenated alkanes) is 2. The van der Waals surface area contributed by atoms with E-state index in [0.717, 1.165) is 24.2 Å². The first kappa shape index (κ1) is 83.4. The van der Waals surface area contributed by atoms with Gasteiger partial charge in [-0.1, -0.05) is 140 Å². The number of amides is 11. The zero-order valence-electron chi connectivity index (χ0n) is 61.9. The van der Waals surface area contributed by atoms with E-state index in [1.165, 1.54) is 111 Å². The Kier molecular flexibility index (Phi) is 33.9. The van der Waals surface area contributed by atoms with Gasteiger partial charge in [0.1, 0.15) is 66.5 Å². The number of nitrogens with zero attached hydrogens (tertiary/aromatic N) is 7. The highest BCUT2D eigenvalue weighted by Gasteiger charge is 2.46. The fraction of sp³-hybridized carbons (Fsp3) is 0.761. The maximum atomic E-state index is 15.4. The Bertz CT molecular complexity index is 2700. The lowest BCUT2D eigenvalue weighted by Gasteiger charge is -2.41. The van der Waals surface area contributed by atoms with Crippen molar-refractivity contribution in [2.75, 3.05) is 49.3 Å². The molecule has 23 nitrogen and oxygen atoms in total. The molecule has 94 heavy (non-hydrogen) atoms. The van der Waals surface area contributed by atoms with Crippen LogP contribution in [0.5, 0.6) is 0 Å². The molecule has 0 radical (unpaired) electrons. The molecule has 1 fully saturated rings. The second kappa shape index (κ2) is 38.2. The van der Waals surface area contributed by atoms with Crippen molar-refractivity contribution < 1.29 is 57.8 Å². The van der Waals surface area contributed by atoms with Crippen LogP contribution in [-0.2, 0) is 59.2 Å². The van der Waals surface area contributed by atoms with E-state index >= 15 is 19.2 Å². The third-order valence-corrected chi connectivity index (χ3v) is 18.6. The topological polar surface area (TPSA) is 279 Å². The van der Waals surface area contributed by atoms with Gasteiger partial charge in [0.05, 0.1) is 6.10 Å². The van der Waals surface area contributed by atoms with Crippen LogP contribution in [0.1, 0.15) is 187 Å². The minimum absolute atomic E-state index is 0.0180. The van der Waals surface area contributed by atoms with Crippen LogP contribution in [0.15, 0.2) is 24.3 Å². The fourth-order valence-electron chi connectivity index (χ4n) is 12.3. The predicted molar refractivity (Wildman–Crippen MR) is 367 cm³/mol. The molecule has 0 spiro atoms. The number of hydrogen-bond donors (Lipinski definition) is 5. The summed E-state index contributed by atoms with van der Waals surface area (Å²) in [6, 6.07) is -5.28. The lowest BCUT2D eigenvalue weighted by Crippen LogP contribution is -2.64. The van der Waals surface area contributed by atoms with Crippen molar-refractivity contribution in [2.24, 2.45) is 41.4 Å². The molecule has 1 heterocycles. The molecule has 11 amide bonds. The van der Waals surface area contributed by atoms with Crippen molar-refractivity contribution in [1.29, 1.82) is 0 Å². The second-order valence-corrected chi connectivity index (χ2v) is 29.2. The van der Waals surface area contributed by atoms with Gasteiger partial charge in [-0.05, 0) is 126 Å². The van der Waals surface area contributed by atoms with Gasteiger partial charge in [-0.2, -0.15) is 0 Å².